The third kappa shape index (κ3) is 4.35. The number of imidazole rings is 1. The molecule has 4 aromatic rings. The van der Waals surface area contributed by atoms with Crippen LogP contribution in [-0.4, -0.2) is 43.6 Å². The lowest BCUT2D eigenvalue weighted by Gasteiger charge is -2.28. The summed E-state index contributed by atoms with van der Waals surface area (Å²) in [5.41, 5.74) is 5.82. The molecule has 8 nitrogen and oxygen atoms in total. The van der Waals surface area contributed by atoms with Gasteiger partial charge in [-0.15, -0.1) is 5.10 Å². The van der Waals surface area contributed by atoms with Crippen molar-refractivity contribution in [3.05, 3.63) is 96.7 Å². The second-order valence-electron chi connectivity index (χ2n) is 9.50. The SMILES string of the molecule is COc1cc(-c2cn(C3CCC4C(c5ccccc5)=CC=CC4NC3=O)nn2)ccc1-n1cnc(C)c1. The molecule has 0 bridgehead atoms. The Morgan fingerprint density at radius 2 is 1.92 bits per heavy atom. The van der Waals surface area contributed by atoms with E-state index in [1.54, 1.807) is 18.1 Å². The Morgan fingerprint density at radius 3 is 2.70 bits per heavy atom. The summed E-state index contributed by atoms with van der Waals surface area (Å²) in [4.78, 5) is 17.6. The number of fused-ring (bicyclic) bond motifs is 1. The molecule has 2 aliphatic rings. The number of allylic oxidation sites excluding steroid dienone is 2. The standard InChI is InChI=1S/C29H28N6O2/c1-19-16-34(18-30-19)26-13-11-21(15-28(26)37-2)25-17-35(33-32-25)27-14-12-23-22(20-7-4-3-5-8-20)9-6-10-24(23)31-29(27)36/h3-11,13,15-18,23-24,27H,12,14H2,1-2H3,(H,31,36). The maximum atomic E-state index is 13.3. The van der Waals surface area contributed by atoms with E-state index in [0.29, 0.717) is 17.9 Å². The molecule has 3 atom stereocenters. The Kier molecular flexibility index (Phi) is 5.92. The highest BCUT2D eigenvalue weighted by Crippen LogP contribution is 2.37. The number of benzene rings is 2. The summed E-state index contributed by atoms with van der Waals surface area (Å²) in [7, 11) is 1.64. The summed E-state index contributed by atoms with van der Waals surface area (Å²) in [5.74, 6) is 0.882. The second kappa shape index (κ2) is 9.54. The molecule has 2 aromatic carbocycles. The number of carbonyl (C=O) groups is 1. The smallest absolute Gasteiger partial charge is 0.245 e. The van der Waals surface area contributed by atoms with Gasteiger partial charge in [0.15, 0.2) is 0 Å². The zero-order valence-electron chi connectivity index (χ0n) is 20.8. The monoisotopic (exact) mass is 492 g/mol. The maximum absolute atomic E-state index is 13.3. The van der Waals surface area contributed by atoms with Crippen LogP contribution in [0.3, 0.4) is 0 Å². The summed E-state index contributed by atoms with van der Waals surface area (Å²) in [5, 5.41) is 12.0. The topological polar surface area (TPSA) is 86.9 Å². The van der Waals surface area contributed by atoms with Crippen molar-refractivity contribution in [1.82, 2.24) is 29.9 Å². The highest BCUT2D eigenvalue weighted by Gasteiger charge is 2.35. The van der Waals surface area contributed by atoms with Gasteiger partial charge in [-0.25, -0.2) is 9.67 Å². The Morgan fingerprint density at radius 1 is 1.05 bits per heavy atom. The van der Waals surface area contributed by atoms with Crippen molar-refractivity contribution < 1.29 is 9.53 Å². The van der Waals surface area contributed by atoms with Crippen LogP contribution >= 0.6 is 0 Å². The number of hydrogen-bond donors (Lipinski definition) is 1. The minimum Gasteiger partial charge on any atom is -0.495 e. The number of aryl methyl sites for hydroxylation is 1. The van der Waals surface area contributed by atoms with Gasteiger partial charge in [-0.05, 0) is 43.0 Å². The zero-order valence-corrected chi connectivity index (χ0v) is 20.8. The normalized spacial score (nSPS) is 21.1. The molecule has 0 saturated carbocycles. The van der Waals surface area contributed by atoms with E-state index in [-0.39, 0.29) is 17.9 Å². The lowest BCUT2D eigenvalue weighted by atomic mass is 9.81. The van der Waals surface area contributed by atoms with Crippen LogP contribution in [0.25, 0.3) is 22.5 Å². The van der Waals surface area contributed by atoms with Gasteiger partial charge in [0, 0.05) is 17.7 Å². The van der Waals surface area contributed by atoms with Gasteiger partial charge < -0.3 is 14.6 Å². The molecular formula is C29H28N6O2. The number of methoxy groups -OCH3 is 1. The summed E-state index contributed by atoms with van der Waals surface area (Å²) in [6.45, 7) is 1.95. The largest absolute Gasteiger partial charge is 0.495 e. The average molecular weight is 493 g/mol. The van der Waals surface area contributed by atoms with Gasteiger partial charge in [-0.3, -0.25) is 4.79 Å². The fourth-order valence-electron chi connectivity index (χ4n) is 5.30. The van der Waals surface area contributed by atoms with Crippen LogP contribution in [0.4, 0.5) is 0 Å². The minimum atomic E-state index is -0.424. The number of nitrogens with one attached hydrogen (secondary N) is 1. The summed E-state index contributed by atoms with van der Waals surface area (Å²) >= 11 is 0. The van der Waals surface area contributed by atoms with Crippen LogP contribution in [0.5, 0.6) is 5.75 Å². The van der Waals surface area contributed by atoms with E-state index < -0.39 is 6.04 Å². The number of amides is 1. The van der Waals surface area contributed by atoms with Crippen LogP contribution in [-0.2, 0) is 4.79 Å². The lowest BCUT2D eigenvalue weighted by molar-refractivity contribution is -0.124. The van der Waals surface area contributed by atoms with Crippen molar-refractivity contribution in [2.75, 3.05) is 7.11 Å². The molecule has 1 saturated heterocycles. The van der Waals surface area contributed by atoms with Crippen molar-refractivity contribution in [1.29, 1.82) is 0 Å². The minimum absolute atomic E-state index is 0.0358. The number of rotatable bonds is 5. The third-order valence-corrected chi connectivity index (χ3v) is 7.19. The molecule has 1 amide bonds. The van der Waals surface area contributed by atoms with Crippen molar-refractivity contribution in [3.63, 3.8) is 0 Å². The first kappa shape index (κ1) is 23.0. The van der Waals surface area contributed by atoms with E-state index in [1.165, 1.54) is 11.1 Å². The molecule has 1 fully saturated rings. The fraction of sp³-hybridized carbons (Fsp3) is 0.241. The van der Waals surface area contributed by atoms with Crippen LogP contribution in [0, 0.1) is 12.8 Å². The highest BCUT2D eigenvalue weighted by atomic mass is 16.5. The molecule has 3 heterocycles. The van der Waals surface area contributed by atoms with E-state index in [0.717, 1.165) is 23.4 Å². The highest BCUT2D eigenvalue weighted by molar-refractivity contribution is 5.83. The molecule has 3 unspecified atom stereocenters. The molecule has 8 heteroatoms. The van der Waals surface area contributed by atoms with Gasteiger partial charge in [0.2, 0.25) is 5.91 Å². The predicted octanol–water partition coefficient (Wildman–Crippen LogP) is 4.54. The van der Waals surface area contributed by atoms with Gasteiger partial charge in [0.05, 0.1) is 37.1 Å². The molecule has 1 aliphatic carbocycles. The van der Waals surface area contributed by atoms with Crippen LogP contribution < -0.4 is 10.1 Å². The molecule has 186 valence electrons. The number of aromatic nitrogens is 5. The van der Waals surface area contributed by atoms with E-state index in [1.807, 2.05) is 54.2 Å². The third-order valence-electron chi connectivity index (χ3n) is 7.19. The molecule has 1 aliphatic heterocycles. The van der Waals surface area contributed by atoms with Crippen LogP contribution in [0.1, 0.15) is 30.1 Å². The summed E-state index contributed by atoms with van der Waals surface area (Å²) in [6.07, 6.45) is 13.4. The molecule has 0 radical (unpaired) electrons. The molecule has 1 N–H and O–H groups in total. The Hall–Kier alpha value is -4.46. The Labute approximate surface area is 215 Å². The van der Waals surface area contributed by atoms with E-state index in [4.69, 9.17) is 4.74 Å². The zero-order chi connectivity index (χ0) is 25.4. The summed E-state index contributed by atoms with van der Waals surface area (Å²) in [6, 6.07) is 15.8. The molecule has 0 spiro atoms. The first-order chi connectivity index (χ1) is 18.1. The molecular weight excluding hydrogens is 464 g/mol. The van der Waals surface area contributed by atoms with Crippen molar-refractivity contribution in [2.45, 2.75) is 31.8 Å². The van der Waals surface area contributed by atoms with Crippen LogP contribution in [0.2, 0.25) is 0 Å². The van der Waals surface area contributed by atoms with E-state index in [2.05, 4.69) is 57.0 Å². The summed E-state index contributed by atoms with van der Waals surface area (Å²) < 4.78 is 9.27. The number of hydrogen-bond acceptors (Lipinski definition) is 5. The van der Waals surface area contributed by atoms with Gasteiger partial charge in [0.25, 0.3) is 0 Å². The molecule has 37 heavy (non-hydrogen) atoms. The Balaban J connectivity index is 1.25. The number of ether oxygens (including phenoxy) is 1. The molecule has 2 aromatic heterocycles. The lowest BCUT2D eigenvalue weighted by Crippen LogP contribution is -2.40. The Bertz CT molecular complexity index is 1500. The quantitative estimate of drug-likeness (QED) is 0.442. The van der Waals surface area contributed by atoms with E-state index in [9.17, 15) is 4.79 Å². The van der Waals surface area contributed by atoms with Gasteiger partial charge in [0.1, 0.15) is 17.5 Å². The van der Waals surface area contributed by atoms with Gasteiger partial charge >= 0.3 is 0 Å². The van der Waals surface area contributed by atoms with Crippen molar-refractivity contribution in [3.8, 4) is 22.7 Å². The molecule has 6 rings (SSSR count). The maximum Gasteiger partial charge on any atom is 0.245 e. The van der Waals surface area contributed by atoms with Crippen molar-refractivity contribution >= 4 is 11.5 Å². The van der Waals surface area contributed by atoms with Gasteiger partial charge in [-0.1, -0.05) is 59.8 Å². The van der Waals surface area contributed by atoms with Crippen molar-refractivity contribution in [2.24, 2.45) is 5.92 Å². The first-order valence-corrected chi connectivity index (χ1v) is 12.5. The second-order valence-corrected chi connectivity index (χ2v) is 9.50. The van der Waals surface area contributed by atoms with Crippen LogP contribution in [0.15, 0.2) is 85.5 Å². The number of nitrogens with zero attached hydrogens (tertiary/aromatic N) is 5. The fourth-order valence-corrected chi connectivity index (χ4v) is 5.30. The number of carbonyl (C=O) groups excluding carboxylic acids is 1. The van der Waals surface area contributed by atoms with E-state index >= 15 is 0 Å². The average Bonchev–Trinajstić information content (AvgIpc) is 3.55. The van der Waals surface area contributed by atoms with Gasteiger partial charge in [-0.2, -0.15) is 0 Å². The predicted molar refractivity (Wildman–Crippen MR) is 141 cm³/mol. The first-order valence-electron chi connectivity index (χ1n) is 12.5.